The van der Waals surface area contributed by atoms with Gasteiger partial charge in [-0.2, -0.15) is 5.10 Å². The van der Waals surface area contributed by atoms with Crippen molar-refractivity contribution in [2.24, 2.45) is 0 Å². The summed E-state index contributed by atoms with van der Waals surface area (Å²) in [6.07, 6.45) is 0. The minimum Gasteiger partial charge on any atom is -0.309 e. The predicted octanol–water partition coefficient (Wildman–Crippen LogP) is 13.9. The van der Waals surface area contributed by atoms with Crippen molar-refractivity contribution in [3.05, 3.63) is 212 Å². The Bertz CT molecular complexity index is 3090. The highest BCUT2D eigenvalue weighted by Gasteiger charge is 2.17. The first-order valence-electron chi connectivity index (χ1n) is 19.1. The van der Waals surface area contributed by atoms with E-state index in [0.717, 1.165) is 33.9 Å². The maximum absolute atomic E-state index is 5.14. The van der Waals surface area contributed by atoms with E-state index in [1.807, 2.05) is 6.07 Å². The predicted molar refractivity (Wildman–Crippen MR) is 235 cm³/mol. The Morgan fingerprint density at radius 2 is 0.750 bits per heavy atom. The van der Waals surface area contributed by atoms with Crippen molar-refractivity contribution in [2.45, 2.75) is 0 Å². The highest BCUT2D eigenvalue weighted by atomic mass is 15.3. The zero-order valence-corrected chi connectivity index (χ0v) is 30.5. The molecule has 0 bridgehead atoms. The first-order chi connectivity index (χ1) is 27.7. The molecule has 9 aromatic carbocycles. The van der Waals surface area contributed by atoms with E-state index in [0.29, 0.717) is 0 Å². The summed E-state index contributed by atoms with van der Waals surface area (Å²) < 4.78 is 4.47. The molecule has 0 aliphatic heterocycles. The van der Waals surface area contributed by atoms with E-state index in [-0.39, 0.29) is 0 Å². The van der Waals surface area contributed by atoms with Crippen molar-refractivity contribution in [1.82, 2.24) is 14.3 Å². The van der Waals surface area contributed by atoms with E-state index in [2.05, 4.69) is 216 Å². The largest absolute Gasteiger partial charge is 0.309 e. The van der Waals surface area contributed by atoms with Crippen LogP contribution < -0.4 is 0 Å². The van der Waals surface area contributed by atoms with Gasteiger partial charge in [0.1, 0.15) is 0 Å². The third-order valence-corrected chi connectivity index (χ3v) is 11.1. The van der Waals surface area contributed by atoms with Gasteiger partial charge in [0.15, 0.2) is 0 Å². The van der Waals surface area contributed by atoms with Crippen molar-refractivity contribution in [3.8, 4) is 56.1 Å². The molecule has 2 aromatic heterocycles. The van der Waals surface area contributed by atoms with Crippen LogP contribution in [0.15, 0.2) is 212 Å². The molecule has 0 fully saturated rings. The maximum Gasteiger partial charge on any atom is 0.0934 e. The second-order valence-electron chi connectivity index (χ2n) is 14.5. The molecule has 0 amide bonds. The molecule has 0 aliphatic rings. The monoisotopic (exact) mass is 713 g/mol. The third-order valence-electron chi connectivity index (χ3n) is 11.1. The maximum atomic E-state index is 5.14. The second-order valence-corrected chi connectivity index (χ2v) is 14.5. The van der Waals surface area contributed by atoms with Gasteiger partial charge < -0.3 is 4.57 Å². The van der Waals surface area contributed by atoms with E-state index in [1.54, 1.807) is 0 Å². The van der Waals surface area contributed by atoms with Gasteiger partial charge in [-0.1, -0.05) is 146 Å². The van der Waals surface area contributed by atoms with Crippen molar-refractivity contribution in [3.63, 3.8) is 0 Å². The number of rotatable bonds is 6. The van der Waals surface area contributed by atoms with E-state index in [4.69, 9.17) is 5.10 Å². The second kappa shape index (κ2) is 13.1. The lowest BCUT2D eigenvalue weighted by molar-refractivity contribution is 0.891. The Labute approximate surface area is 325 Å². The molecule has 0 unspecified atom stereocenters. The van der Waals surface area contributed by atoms with Gasteiger partial charge in [-0.15, -0.1) is 0 Å². The average molecular weight is 714 g/mol. The molecule has 262 valence electrons. The molecule has 11 rings (SSSR count). The molecule has 0 aliphatic carbocycles. The fourth-order valence-corrected chi connectivity index (χ4v) is 8.28. The summed E-state index contributed by atoms with van der Waals surface area (Å²) >= 11 is 0. The van der Waals surface area contributed by atoms with E-state index >= 15 is 0 Å². The van der Waals surface area contributed by atoms with Crippen LogP contribution in [0.1, 0.15) is 0 Å². The zero-order valence-electron chi connectivity index (χ0n) is 30.5. The number of aromatic nitrogens is 3. The van der Waals surface area contributed by atoms with Crippen LogP contribution in [0, 0.1) is 0 Å². The summed E-state index contributed by atoms with van der Waals surface area (Å²) in [6.45, 7) is 0. The highest BCUT2D eigenvalue weighted by molar-refractivity contribution is 6.12. The summed E-state index contributed by atoms with van der Waals surface area (Å²) in [4.78, 5) is 0. The smallest absolute Gasteiger partial charge is 0.0934 e. The first-order valence-corrected chi connectivity index (χ1v) is 19.1. The van der Waals surface area contributed by atoms with Crippen LogP contribution in [0.5, 0.6) is 0 Å². The summed E-state index contributed by atoms with van der Waals surface area (Å²) in [7, 11) is 0. The molecular formula is C53H35N3. The van der Waals surface area contributed by atoms with Crippen molar-refractivity contribution in [1.29, 1.82) is 0 Å². The van der Waals surface area contributed by atoms with Gasteiger partial charge in [0.05, 0.1) is 28.1 Å². The number of benzene rings is 9. The molecule has 2 heterocycles. The van der Waals surface area contributed by atoms with Crippen molar-refractivity contribution < 1.29 is 0 Å². The molecule has 3 heteroatoms. The van der Waals surface area contributed by atoms with Crippen molar-refractivity contribution in [2.75, 3.05) is 0 Å². The number of hydrogen-bond donors (Lipinski definition) is 0. The molecule has 3 nitrogen and oxygen atoms in total. The quantitative estimate of drug-likeness (QED) is 0.168. The normalized spacial score (nSPS) is 11.6. The topological polar surface area (TPSA) is 22.8 Å². The Morgan fingerprint density at radius 3 is 1.30 bits per heavy atom. The summed E-state index contributed by atoms with van der Waals surface area (Å²) in [5.41, 5.74) is 13.5. The molecule has 0 N–H and O–H groups in total. The molecule has 0 saturated carbocycles. The molecule has 56 heavy (non-hydrogen) atoms. The molecule has 0 saturated heterocycles. The van der Waals surface area contributed by atoms with Gasteiger partial charge >= 0.3 is 0 Å². The zero-order chi connectivity index (χ0) is 37.0. The van der Waals surface area contributed by atoms with Crippen molar-refractivity contribution >= 4 is 43.4 Å². The minimum atomic E-state index is 0.945. The van der Waals surface area contributed by atoms with Crippen LogP contribution in [0.4, 0.5) is 0 Å². The highest BCUT2D eigenvalue weighted by Crippen LogP contribution is 2.39. The third kappa shape index (κ3) is 5.49. The fraction of sp³-hybridized carbons (Fsp3) is 0. The van der Waals surface area contributed by atoms with Crippen LogP contribution in [-0.2, 0) is 0 Å². The van der Waals surface area contributed by atoms with Gasteiger partial charge in [0.25, 0.3) is 0 Å². The lowest BCUT2D eigenvalue weighted by Crippen LogP contribution is -2.00. The molecule has 11 aromatic rings. The molecule has 0 atom stereocenters. The van der Waals surface area contributed by atoms with Gasteiger partial charge in [0, 0.05) is 27.6 Å². The lowest BCUT2D eigenvalue weighted by atomic mass is 9.98. The van der Waals surface area contributed by atoms with Crippen LogP contribution in [0.2, 0.25) is 0 Å². The molecular weight excluding hydrogens is 679 g/mol. The van der Waals surface area contributed by atoms with E-state index < -0.39 is 0 Å². The van der Waals surface area contributed by atoms with Crippen LogP contribution in [0.25, 0.3) is 99.5 Å². The lowest BCUT2D eigenvalue weighted by Gasteiger charge is -2.12. The van der Waals surface area contributed by atoms with Crippen LogP contribution >= 0.6 is 0 Å². The molecule has 0 radical (unpaired) electrons. The Morgan fingerprint density at radius 1 is 0.304 bits per heavy atom. The number of hydrogen-bond acceptors (Lipinski definition) is 1. The van der Waals surface area contributed by atoms with Gasteiger partial charge in [-0.25, -0.2) is 4.68 Å². The standard InChI is InChI=1S/C53H35N3/c1-3-13-38(14-4-1)50-35-53(39-15-5-2-6-16-39)56(54-50)47-27-25-46(26-28-47)55-51-29-23-44(42-21-19-36-11-7-9-17-40(36)31-42)33-48(51)49-34-45(24-30-52(49)55)43-22-20-37-12-8-10-18-41(37)32-43/h1-35H. The fourth-order valence-electron chi connectivity index (χ4n) is 8.28. The minimum absolute atomic E-state index is 0.945. The van der Waals surface area contributed by atoms with Gasteiger partial charge in [-0.05, 0) is 111 Å². The van der Waals surface area contributed by atoms with Crippen LogP contribution in [-0.4, -0.2) is 14.3 Å². The Hall–Kier alpha value is -7.49. The Balaban J connectivity index is 1.07. The summed E-state index contributed by atoms with van der Waals surface area (Å²) in [6, 6.07) is 76.5. The van der Waals surface area contributed by atoms with E-state index in [1.165, 1.54) is 65.6 Å². The Kier molecular flexibility index (Phi) is 7.49. The van der Waals surface area contributed by atoms with Gasteiger partial charge in [0.2, 0.25) is 0 Å². The number of fused-ring (bicyclic) bond motifs is 5. The van der Waals surface area contributed by atoms with Gasteiger partial charge in [-0.3, -0.25) is 0 Å². The van der Waals surface area contributed by atoms with Crippen LogP contribution in [0.3, 0.4) is 0 Å². The summed E-state index contributed by atoms with van der Waals surface area (Å²) in [5.74, 6) is 0. The average Bonchev–Trinajstić information content (AvgIpc) is 3.87. The molecule has 0 spiro atoms. The number of nitrogens with zero attached hydrogens (tertiary/aromatic N) is 3. The SMILES string of the molecule is c1ccc(-c2cc(-c3ccccc3)n(-c3ccc(-n4c5ccc(-c6ccc7ccccc7c6)cc5c5cc(-c6ccc7ccccc7c6)ccc54)cc3)n2)cc1. The van der Waals surface area contributed by atoms with E-state index in [9.17, 15) is 0 Å². The first kappa shape index (κ1) is 32.0. The summed E-state index contributed by atoms with van der Waals surface area (Å²) in [5, 5.41) is 12.6.